The fourth-order valence-corrected chi connectivity index (χ4v) is 0.962. The first-order valence-electron chi connectivity index (χ1n) is 3.72. The molecular weight excluding hydrogens is 168 g/mol. The smallest absolute Gasteiger partial charge is 0.337 e. The minimum absolute atomic E-state index is 0.0258. The van der Waals surface area contributed by atoms with E-state index in [1.807, 2.05) is 0 Å². The number of phenols is 1. The lowest BCUT2D eigenvalue weighted by atomic mass is 10.1. The molecule has 0 aliphatic rings. The Labute approximate surface area is 76.3 Å². The number of carbonyl (C=O) groups excluding carboxylic acids is 1. The maximum absolute atomic E-state index is 11.0. The van der Waals surface area contributed by atoms with Crippen molar-refractivity contribution in [1.82, 2.24) is 0 Å². The molecule has 0 unspecified atom stereocenters. The van der Waals surface area contributed by atoms with Gasteiger partial charge in [0, 0.05) is 5.56 Å². The third-order valence-corrected chi connectivity index (χ3v) is 1.66. The molecule has 0 amide bonds. The molecule has 0 bridgehead atoms. The highest BCUT2D eigenvalue weighted by molar-refractivity contribution is 6.16. The number of esters is 1. The minimum atomic E-state index is -0.540. The van der Waals surface area contributed by atoms with E-state index in [0.717, 1.165) is 0 Å². The van der Waals surface area contributed by atoms with Gasteiger partial charge in [-0.3, -0.25) is 0 Å². The van der Waals surface area contributed by atoms with Crippen molar-refractivity contribution >= 4 is 11.5 Å². The molecule has 68 valence electrons. The number of aromatic hydroxyl groups is 1. The molecule has 0 aromatic heterocycles. The zero-order chi connectivity index (χ0) is 9.84. The van der Waals surface area contributed by atoms with Gasteiger partial charge in [0.1, 0.15) is 5.75 Å². The zero-order valence-corrected chi connectivity index (χ0v) is 7.28. The Morgan fingerprint density at radius 3 is 2.62 bits per heavy atom. The molecule has 0 saturated carbocycles. The van der Waals surface area contributed by atoms with Crippen molar-refractivity contribution in [1.29, 1.82) is 0 Å². The summed E-state index contributed by atoms with van der Waals surface area (Å²) in [4.78, 5) is 11.0. The molecule has 3 heteroatoms. The van der Waals surface area contributed by atoms with Gasteiger partial charge in [0.15, 0.2) is 0 Å². The lowest BCUT2D eigenvalue weighted by Crippen LogP contribution is -2.02. The summed E-state index contributed by atoms with van der Waals surface area (Å²) in [5, 5.41) is 9.36. The largest absolute Gasteiger partial charge is 0.507 e. The molecule has 0 fully saturated rings. The van der Waals surface area contributed by atoms with Gasteiger partial charge in [0.2, 0.25) is 0 Å². The number of ether oxygens (including phenoxy) is 1. The Morgan fingerprint density at radius 1 is 1.46 bits per heavy atom. The summed E-state index contributed by atoms with van der Waals surface area (Å²) < 4.78 is 4.47. The molecule has 1 rings (SSSR count). The molecule has 0 heterocycles. The molecule has 0 aliphatic heterocycles. The van der Waals surface area contributed by atoms with Crippen molar-refractivity contribution in [2.75, 3.05) is 7.11 Å². The predicted molar refractivity (Wildman–Crippen MR) is 49.2 cm³/mol. The van der Waals surface area contributed by atoms with E-state index in [1.54, 1.807) is 18.2 Å². The molecule has 0 aliphatic carbocycles. The lowest BCUT2D eigenvalue weighted by Gasteiger charge is -2.04. The van der Waals surface area contributed by atoms with Crippen LogP contribution in [0.3, 0.4) is 0 Å². The Balaban J connectivity index is 3.02. The highest BCUT2D eigenvalue weighted by Gasteiger charge is 2.12. The molecule has 1 N–H and O–H groups in total. The highest BCUT2D eigenvalue weighted by Crippen LogP contribution is 2.23. The number of methoxy groups -OCH3 is 1. The van der Waals surface area contributed by atoms with Crippen molar-refractivity contribution in [2.45, 2.75) is 0 Å². The molecule has 0 saturated heterocycles. The van der Waals surface area contributed by atoms with Gasteiger partial charge in [-0.25, -0.2) is 4.79 Å². The van der Waals surface area contributed by atoms with E-state index >= 15 is 0 Å². The van der Waals surface area contributed by atoms with Gasteiger partial charge >= 0.3 is 5.97 Å². The monoisotopic (exact) mass is 178 g/mol. The summed E-state index contributed by atoms with van der Waals surface area (Å²) >= 11 is 0. The second-order valence-electron chi connectivity index (χ2n) is 2.49. The first-order chi connectivity index (χ1) is 6.16. The third-order valence-electron chi connectivity index (χ3n) is 1.66. The number of benzene rings is 1. The van der Waals surface area contributed by atoms with E-state index in [-0.39, 0.29) is 11.3 Å². The zero-order valence-electron chi connectivity index (χ0n) is 7.28. The minimum Gasteiger partial charge on any atom is -0.507 e. The van der Waals surface area contributed by atoms with Crippen LogP contribution in [0.2, 0.25) is 0 Å². The van der Waals surface area contributed by atoms with Crippen LogP contribution in [0, 0.1) is 0 Å². The molecule has 1 aromatic carbocycles. The van der Waals surface area contributed by atoms with E-state index in [4.69, 9.17) is 0 Å². The fraction of sp³-hybridized carbons (Fsp3) is 0.100. The van der Waals surface area contributed by atoms with Crippen molar-refractivity contribution in [3.8, 4) is 5.75 Å². The van der Waals surface area contributed by atoms with Crippen LogP contribution in [-0.2, 0) is 9.53 Å². The van der Waals surface area contributed by atoms with Gasteiger partial charge in [0.25, 0.3) is 0 Å². The fourth-order valence-electron chi connectivity index (χ4n) is 0.962. The number of carbonyl (C=O) groups is 1. The number of hydrogen-bond acceptors (Lipinski definition) is 3. The average Bonchev–Trinajstić information content (AvgIpc) is 2.16. The highest BCUT2D eigenvalue weighted by atomic mass is 16.5. The van der Waals surface area contributed by atoms with Crippen LogP contribution in [0.5, 0.6) is 5.75 Å². The van der Waals surface area contributed by atoms with E-state index < -0.39 is 5.97 Å². The van der Waals surface area contributed by atoms with Crippen molar-refractivity contribution < 1.29 is 14.6 Å². The Bertz CT molecular complexity index is 342. The van der Waals surface area contributed by atoms with Crippen LogP contribution in [0.4, 0.5) is 0 Å². The average molecular weight is 178 g/mol. The topological polar surface area (TPSA) is 46.5 Å². The van der Waals surface area contributed by atoms with E-state index in [1.165, 1.54) is 13.2 Å². The first-order valence-corrected chi connectivity index (χ1v) is 3.72. The summed E-state index contributed by atoms with van der Waals surface area (Å²) in [6.07, 6.45) is 0. The first kappa shape index (κ1) is 9.32. The van der Waals surface area contributed by atoms with Gasteiger partial charge < -0.3 is 9.84 Å². The van der Waals surface area contributed by atoms with Crippen LogP contribution >= 0.6 is 0 Å². The molecule has 0 atom stereocenters. The Hall–Kier alpha value is -1.77. The second kappa shape index (κ2) is 3.76. The maximum Gasteiger partial charge on any atom is 0.337 e. The van der Waals surface area contributed by atoms with Gasteiger partial charge in [-0.1, -0.05) is 24.8 Å². The van der Waals surface area contributed by atoms with Crippen molar-refractivity contribution in [2.24, 2.45) is 0 Å². The van der Waals surface area contributed by atoms with Crippen LogP contribution in [0.1, 0.15) is 5.56 Å². The number of para-hydroxylation sites is 1. The second-order valence-corrected chi connectivity index (χ2v) is 2.49. The van der Waals surface area contributed by atoms with E-state index in [0.29, 0.717) is 5.56 Å². The molecule has 3 nitrogen and oxygen atoms in total. The Morgan fingerprint density at radius 2 is 2.08 bits per heavy atom. The summed E-state index contributed by atoms with van der Waals surface area (Å²) in [6, 6.07) is 6.48. The predicted octanol–water partition coefficient (Wildman–Crippen LogP) is 1.58. The lowest BCUT2D eigenvalue weighted by molar-refractivity contribution is -0.133. The summed E-state index contributed by atoms with van der Waals surface area (Å²) in [6.45, 7) is 3.52. The van der Waals surface area contributed by atoms with Gasteiger partial charge in [0.05, 0.1) is 12.7 Å². The Kier molecular flexibility index (Phi) is 2.69. The molecule has 13 heavy (non-hydrogen) atoms. The molecule has 1 aromatic rings. The normalized spacial score (nSPS) is 9.31. The van der Waals surface area contributed by atoms with Gasteiger partial charge in [-0.2, -0.15) is 0 Å². The standard InChI is InChI=1S/C10H10O3/c1-7(10(12)13-2)8-5-3-4-6-9(8)11/h3-6,11H,1H2,2H3. The summed E-state index contributed by atoms with van der Waals surface area (Å²) in [5.74, 6) is -0.514. The quantitative estimate of drug-likeness (QED) is 0.552. The SMILES string of the molecule is C=C(C(=O)OC)c1ccccc1O. The van der Waals surface area contributed by atoms with Gasteiger partial charge in [-0.15, -0.1) is 0 Å². The van der Waals surface area contributed by atoms with Crippen molar-refractivity contribution in [3.63, 3.8) is 0 Å². The van der Waals surface area contributed by atoms with E-state index in [9.17, 15) is 9.90 Å². The third kappa shape index (κ3) is 1.87. The number of rotatable bonds is 2. The van der Waals surface area contributed by atoms with Crippen LogP contribution in [0.25, 0.3) is 5.57 Å². The van der Waals surface area contributed by atoms with E-state index in [2.05, 4.69) is 11.3 Å². The molecule has 0 spiro atoms. The summed E-state index contributed by atoms with van der Waals surface area (Å²) in [5.41, 5.74) is 0.551. The van der Waals surface area contributed by atoms with Gasteiger partial charge in [-0.05, 0) is 6.07 Å². The molecule has 0 radical (unpaired) electrons. The summed E-state index contributed by atoms with van der Waals surface area (Å²) in [7, 11) is 1.27. The van der Waals surface area contributed by atoms with Crippen molar-refractivity contribution in [3.05, 3.63) is 36.4 Å². The number of hydrogen-bond donors (Lipinski definition) is 1. The van der Waals surface area contributed by atoms with Crippen LogP contribution in [0.15, 0.2) is 30.8 Å². The van der Waals surface area contributed by atoms with Crippen LogP contribution in [-0.4, -0.2) is 18.2 Å². The van der Waals surface area contributed by atoms with Crippen LogP contribution < -0.4 is 0 Å². The maximum atomic E-state index is 11.0. The molecular formula is C10H10O3. The number of phenolic OH excluding ortho intramolecular Hbond substituents is 1.